The van der Waals surface area contributed by atoms with Crippen LogP contribution in [0.25, 0.3) is 20.9 Å². The van der Waals surface area contributed by atoms with E-state index in [1.807, 2.05) is 6.08 Å². The number of aliphatic hydroxyl groups excluding tert-OH is 7. The molecule has 316 valence electrons. The van der Waals surface area contributed by atoms with Gasteiger partial charge in [0.05, 0.1) is 76.9 Å². The Balaban J connectivity index is 0.000000157. The minimum Gasteiger partial charge on any atom is -0.395 e. The summed E-state index contributed by atoms with van der Waals surface area (Å²) in [6, 6.07) is -1.30. The van der Waals surface area contributed by atoms with Crippen LogP contribution in [-0.2, 0) is 9.47 Å². The van der Waals surface area contributed by atoms with Crippen LogP contribution in [0.15, 0.2) is 33.5 Å². The van der Waals surface area contributed by atoms with Crippen LogP contribution in [0.2, 0.25) is 0 Å². The minimum atomic E-state index is -1.18. The fourth-order valence-electron chi connectivity index (χ4n) is 15.0. The van der Waals surface area contributed by atoms with Crippen molar-refractivity contribution in [2.24, 2.45) is 43.7 Å². The highest BCUT2D eigenvalue weighted by molar-refractivity contribution is 9.09. The number of rotatable bonds is 4. The first-order chi connectivity index (χ1) is 26.5. The number of nitrogens with zero attached hydrogens (tertiary/aromatic N) is 6. The highest BCUT2D eigenvalue weighted by Gasteiger charge is 2.76. The zero-order chi connectivity index (χ0) is 39.9. The normalized spacial score (nSPS) is 55.9. The van der Waals surface area contributed by atoms with Crippen molar-refractivity contribution in [1.29, 1.82) is 0 Å². The van der Waals surface area contributed by atoms with Gasteiger partial charge in [-0.15, -0.1) is 0 Å². The van der Waals surface area contributed by atoms with Gasteiger partial charge in [-0.25, -0.2) is 0 Å². The van der Waals surface area contributed by atoms with E-state index >= 15 is 0 Å². The molecule has 6 saturated carbocycles. The molecule has 18 atom stereocenters. The molecule has 4 aliphatic heterocycles. The fraction of sp³-hybridized carbons (Fsp3) is 0.902. The zero-order valence-corrected chi connectivity index (χ0v) is 33.8. The van der Waals surface area contributed by atoms with Crippen molar-refractivity contribution in [3.63, 3.8) is 0 Å². The van der Waals surface area contributed by atoms with Crippen molar-refractivity contribution in [2.45, 2.75) is 181 Å². The topological polar surface area (TPSA) is 258 Å². The van der Waals surface area contributed by atoms with Crippen LogP contribution in [-0.4, -0.2) is 119 Å². The summed E-state index contributed by atoms with van der Waals surface area (Å²) in [5.41, 5.74) is 15.5. The van der Waals surface area contributed by atoms with Crippen LogP contribution in [0.5, 0.6) is 0 Å². The van der Waals surface area contributed by atoms with Crippen LogP contribution in [0.3, 0.4) is 0 Å². The molecule has 4 spiro atoms. The first-order valence-corrected chi connectivity index (χ1v) is 21.7. The van der Waals surface area contributed by atoms with Gasteiger partial charge in [0, 0.05) is 20.7 Å². The van der Waals surface area contributed by atoms with E-state index in [4.69, 9.17) is 20.5 Å². The Morgan fingerprint density at radius 3 is 1.56 bits per heavy atom. The Labute approximate surface area is 342 Å². The fourth-order valence-corrected chi connectivity index (χ4v) is 15.9. The molecular formula is C41H61BrN6O9. The molecule has 10 aliphatic rings. The molecule has 8 fully saturated rings. The first-order valence-electron chi connectivity index (χ1n) is 20.8. The van der Waals surface area contributed by atoms with Gasteiger partial charge in [-0.1, -0.05) is 59.6 Å². The maximum atomic E-state index is 10.9. The van der Waals surface area contributed by atoms with E-state index in [1.54, 1.807) is 0 Å². The third-order valence-electron chi connectivity index (χ3n) is 18.1. The number of hydrogen-bond donors (Lipinski definition) is 7. The van der Waals surface area contributed by atoms with E-state index in [1.165, 1.54) is 0 Å². The molecule has 0 aromatic heterocycles. The molecule has 16 heteroatoms. The van der Waals surface area contributed by atoms with Gasteiger partial charge >= 0.3 is 0 Å². The van der Waals surface area contributed by atoms with Gasteiger partial charge in [0.1, 0.15) is 6.10 Å². The van der Waals surface area contributed by atoms with Crippen LogP contribution in [0.1, 0.15) is 111 Å². The monoisotopic (exact) mass is 860 g/mol. The summed E-state index contributed by atoms with van der Waals surface area (Å²) in [5.74, 6) is 0.307. The molecule has 4 bridgehead atoms. The number of azide groups is 2. The van der Waals surface area contributed by atoms with Crippen LogP contribution in [0, 0.1) is 33.5 Å². The first kappa shape index (κ1) is 41.9. The van der Waals surface area contributed by atoms with Crippen molar-refractivity contribution in [2.75, 3.05) is 13.2 Å². The summed E-state index contributed by atoms with van der Waals surface area (Å²) < 4.78 is 13.9. The molecule has 0 radical (unpaired) electrons. The Bertz CT molecular complexity index is 1700. The van der Waals surface area contributed by atoms with Gasteiger partial charge in [0.2, 0.25) is 0 Å². The smallest absolute Gasteiger partial charge is 0.104 e. The van der Waals surface area contributed by atoms with Gasteiger partial charge in [0.15, 0.2) is 0 Å². The lowest BCUT2D eigenvalue weighted by Gasteiger charge is -2.63. The Morgan fingerprint density at radius 1 is 0.667 bits per heavy atom. The molecule has 4 heterocycles. The van der Waals surface area contributed by atoms with Crippen LogP contribution in [0.4, 0.5) is 0 Å². The number of aliphatic hydroxyl groups is 7. The molecule has 0 unspecified atom stereocenters. The number of ether oxygens (including phenoxy) is 2. The lowest BCUT2D eigenvalue weighted by Crippen LogP contribution is -2.67. The van der Waals surface area contributed by atoms with Crippen molar-refractivity contribution in [3.05, 3.63) is 44.2 Å². The predicted octanol–water partition coefficient (Wildman–Crippen LogP) is 5.18. The van der Waals surface area contributed by atoms with Crippen molar-refractivity contribution < 1.29 is 45.2 Å². The summed E-state index contributed by atoms with van der Waals surface area (Å²) in [7, 11) is 0. The Hall–Kier alpha value is -1.78. The molecule has 15 nitrogen and oxygen atoms in total. The number of alkyl halides is 1. The second-order valence-corrected chi connectivity index (χ2v) is 20.9. The average Bonchev–Trinajstić information content (AvgIpc) is 3.89. The number of fused-ring (bicyclic) bond motifs is 2. The molecule has 0 amide bonds. The van der Waals surface area contributed by atoms with E-state index in [-0.39, 0.29) is 60.3 Å². The SMILES string of the molecule is C.C[C@]12CC[C@]3(CO)C=C4[C@@H](O)[C@H](O)[C@@H](N=[N+]=[N-])C[C@]45CC[C@]3(O5)[C@@H]1CC[C@@H]2O.C[C@]12CC[C@]3(CO)C=C4[C@H](Br)[C@H](O)[C@@H](N=[N+]=[N-])C[C@]45CC[C@]3(O5)[C@@H]1CC[C@@H]2O. The highest BCUT2D eigenvalue weighted by atomic mass is 79.9. The third-order valence-corrected chi connectivity index (χ3v) is 19.2. The van der Waals surface area contributed by atoms with Crippen molar-refractivity contribution >= 4 is 15.9 Å². The molecular weight excluding hydrogens is 800 g/mol. The summed E-state index contributed by atoms with van der Waals surface area (Å²) in [6.45, 7) is 4.24. The average molecular weight is 862 g/mol. The maximum absolute atomic E-state index is 10.9. The standard InChI is InChI=1S/C20H28BrN3O4.C20H29N3O5.CH4/c1-17-4-5-18(10-25)8-11-15(21)16(27)12(23-24-22)9-19(11)6-7-20(18,28-19)13(17)2-3-14(17)26;1-17-4-5-18(10-24)8-11-15(26)16(27)12(22-23-21)9-19(11)6-7-20(18,28-19)13(17)2-3-14(17)25;/h8,12-16,25-27H,2-7,9-10H2,1H3;8,12-16,24-27H,2-7,9-10H2,1H3;1H4/t12-,13+,14-,15-,16+,17-,18+,19+,20-;12-,13+,14-,15+,16+,17-,18+,19+,20-;/m00./s1. The third kappa shape index (κ3) is 5.10. The van der Waals surface area contributed by atoms with Gasteiger partial charge in [-0.3, -0.25) is 0 Å². The van der Waals surface area contributed by atoms with E-state index in [0.29, 0.717) is 31.3 Å². The van der Waals surface area contributed by atoms with Gasteiger partial charge in [-0.2, -0.15) is 0 Å². The maximum Gasteiger partial charge on any atom is 0.104 e. The molecule has 10 rings (SSSR count). The van der Waals surface area contributed by atoms with Crippen LogP contribution >= 0.6 is 15.9 Å². The summed E-state index contributed by atoms with van der Waals surface area (Å²) >= 11 is 3.64. The van der Waals surface area contributed by atoms with E-state index in [9.17, 15) is 35.7 Å². The lowest BCUT2D eigenvalue weighted by atomic mass is 9.50. The largest absolute Gasteiger partial charge is 0.395 e. The van der Waals surface area contributed by atoms with E-state index in [0.717, 1.165) is 69.8 Å². The molecule has 0 aromatic carbocycles. The van der Waals surface area contributed by atoms with E-state index in [2.05, 4.69) is 55.9 Å². The van der Waals surface area contributed by atoms with Gasteiger partial charge in [-0.05, 0) is 135 Å². The quantitative estimate of drug-likeness (QED) is 0.0646. The Morgan fingerprint density at radius 2 is 1.11 bits per heavy atom. The Kier molecular flexibility index (Phi) is 10.0. The minimum absolute atomic E-state index is 0. The second kappa shape index (κ2) is 13.6. The van der Waals surface area contributed by atoms with Crippen molar-refractivity contribution in [3.8, 4) is 0 Å². The number of halogens is 1. The predicted molar refractivity (Wildman–Crippen MR) is 211 cm³/mol. The lowest BCUT2D eigenvalue weighted by molar-refractivity contribution is -0.250. The van der Waals surface area contributed by atoms with Gasteiger partial charge in [0.25, 0.3) is 0 Å². The molecule has 2 saturated heterocycles. The zero-order valence-electron chi connectivity index (χ0n) is 32.3. The van der Waals surface area contributed by atoms with Crippen LogP contribution < -0.4 is 0 Å². The van der Waals surface area contributed by atoms with E-state index < -0.39 is 63.6 Å². The van der Waals surface area contributed by atoms with Gasteiger partial charge < -0.3 is 45.2 Å². The molecule has 7 N–H and O–H groups in total. The molecule has 0 aromatic rings. The van der Waals surface area contributed by atoms with Crippen molar-refractivity contribution in [1.82, 2.24) is 0 Å². The second-order valence-electron chi connectivity index (χ2n) is 19.9. The molecule has 6 aliphatic carbocycles. The highest BCUT2D eigenvalue weighted by Crippen LogP contribution is 2.74. The molecule has 57 heavy (non-hydrogen) atoms. The summed E-state index contributed by atoms with van der Waals surface area (Å²) in [5, 5.41) is 82.2. The summed E-state index contributed by atoms with van der Waals surface area (Å²) in [6.07, 6.45) is 10.5. The summed E-state index contributed by atoms with van der Waals surface area (Å²) in [4.78, 5) is 5.43. The number of hydrogen-bond acceptors (Lipinski definition) is 11.